The number of fused-ring (bicyclic) bond motifs is 1. The van der Waals surface area contributed by atoms with Gasteiger partial charge in [0.05, 0.1) is 24.3 Å². The van der Waals surface area contributed by atoms with Gasteiger partial charge in [0.15, 0.2) is 12.1 Å². The number of allylic oxidation sites excluding steroid dienone is 2. The maximum atomic E-state index is 13.3. The number of benzene rings is 2. The highest BCUT2D eigenvalue weighted by molar-refractivity contribution is 5.92. The monoisotopic (exact) mass is 539 g/mol. The van der Waals surface area contributed by atoms with E-state index in [1.165, 1.54) is 0 Å². The highest BCUT2D eigenvalue weighted by Gasteiger charge is 2.47. The minimum Gasteiger partial charge on any atom is -0.374 e. The molecule has 204 valence electrons. The van der Waals surface area contributed by atoms with Crippen molar-refractivity contribution < 1.29 is 40.6 Å². The first-order chi connectivity index (χ1) is 17.9. The Morgan fingerprint density at radius 1 is 0.974 bits per heavy atom. The third kappa shape index (κ3) is 5.47. The van der Waals surface area contributed by atoms with Crippen LogP contribution in [-0.2, 0) is 33.2 Å². The lowest BCUT2D eigenvalue weighted by molar-refractivity contribution is -0.203. The van der Waals surface area contributed by atoms with Gasteiger partial charge in [-0.05, 0) is 54.2 Å². The number of rotatable bonds is 5. The summed E-state index contributed by atoms with van der Waals surface area (Å²) < 4.78 is 92.0. The Bertz CT molecular complexity index is 1210. The number of hydrogen-bond acceptors (Lipinski definition) is 4. The van der Waals surface area contributed by atoms with Crippen LogP contribution in [0, 0.1) is 18.8 Å². The molecular weight excluding hydrogens is 512 g/mol. The van der Waals surface area contributed by atoms with Gasteiger partial charge in [-0.1, -0.05) is 24.3 Å². The van der Waals surface area contributed by atoms with Crippen LogP contribution in [0.3, 0.4) is 0 Å². The number of ketones is 1. The number of aryl methyl sites for hydroxylation is 1. The zero-order chi connectivity index (χ0) is 27.2. The Hall–Kier alpha value is -2.85. The lowest BCUT2D eigenvalue weighted by Gasteiger charge is -2.40. The molecule has 0 bridgehead atoms. The highest BCUT2D eigenvalue weighted by atomic mass is 19.4. The van der Waals surface area contributed by atoms with E-state index in [1.54, 1.807) is 6.08 Å². The molecule has 10 heteroatoms. The van der Waals surface area contributed by atoms with E-state index in [0.717, 1.165) is 16.8 Å². The molecule has 2 fully saturated rings. The van der Waals surface area contributed by atoms with Gasteiger partial charge < -0.3 is 14.4 Å². The smallest absolute Gasteiger partial charge is 0.374 e. The van der Waals surface area contributed by atoms with Crippen LogP contribution < -0.4 is 0 Å². The van der Waals surface area contributed by atoms with Crippen molar-refractivity contribution in [3.05, 3.63) is 82.1 Å². The largest absolute Gasteiger partial charge is 0.416 e. The predicted molar refractivity (Wildman–Crippen MR) is 126 cm³/mol. The molecular formula is C28H27F6NO3. The fourth-order valence-electron chi connectivity index (χ4n) is 5.84. The van der Waals surface area contributed by atoms with Crippen molar-refractivity contribution in [1.82, 2.24) is 4.90 Å². The molecule has 0 N–H and O–H groups in total. The topological polar surface area (TPSA) is 38.8 Å². The number of hydrogen-bond donors (Lipinski definition) is 0. The van der Waals surface area contributed by atoms with E-state index in [0.29, 0.717) is 44.7 Å². The van der Waals surface area contributed by atoms with Gasteiger partial charge in [0.25, 0.3) is 0 Å². The van der Waals surface area contributed by atoms with E-state index in [4.69, 9.17) is 9.47 Å². The standard InChI is InChI=1S/C28H27F6NO3/c1-16-4-2-3-5-23(16)25-24-13-35(21-6-7-22(36)11-21)12-18(24)15-38-26(25)37-14-17-8-19(27(29,30)31)10-20(9-17)28(32,33)34/h2-5,8-11,18,24-26H,6-7,12-15H2,1H3/t18-,24+,25-,26-/m0/s1. The summed E-state index contributed by atoms with van der Waals surface area (Å²) >= 11 is 0. The molecule has 0 amide bonds. The molecule has 4 nitrogen and oxygen atoms in total. The van der Waals surface area contributed by atoms with Gasteiger partial charge in [-0.25, -0.2) is 0 Å². The second-order valence-electron chi connectivity index (χ2n) is 10.2. The van der Waals surface area contributed by atoms with Crippen LogP contribution in [0.4, 0.5) is 26.3 Å². The van der Waals surface area contributed by atoms with E-state index < -0.39 is 36.4 Å². The van der Waals surface area contributed by atoms with Gasteiger partial charge in [-0.2, -0.15) is 26.3 Å². The van der Waals surface area contributed by atoms with Crippen molar-refractivity contribution in [1.29, 1.82) is 0 Å². The average Bonchev–Trinajstić information content (AvgIpc) is 3.48. The Balaban J connectivity index is 1.42. The van der Waals surface area contributed by atoms with Gasteiger partial charge in [-0.3, -0.25) is 4.79 Å². The minimum atomic E-state index is -4.93. The van der Waals surface area contributed by atoms with Crippen molar-refractivity contribution in [3.8, 4) is 0 Å². The molecule has 1 aliphatic carbocycles. The molecule has 3 aliphatic rings. The molecule has 0 spiro atoms. The average molecular weight is 540 g/mol. The van der Waals surface area contributed by atoms with Crippen molar-refractivity contribution in [3.63, 3.8) is 0 Å². The molecule has 2 aromatic rings. The molecule has 2 heterocycles. The fraction of sp³-hybridized carbons (Fsp3) is 0.464. The summed E-state index contributed by atoms with van der Waals surface area (Å²) in [4.78, 5) is 14.0. The molecule has 2 saturated heterocycles. The number of halogens is 6. The van der Waals surface area contributed by atoms with Crippen LogP contribution in [0.5, 0.6) is 0 Å². The number of alkyl halides is 6. The van der Waals surface area contributed by atoms with E-state index >= 15 is 0 Å². The Morgan fingerprint density at radius 2 is 1.66 bits per heavy atom. The second kappa shape index (κ2) is 10.0. The SMILES string of the molecule is Cc1ccccc1[C@@H]1[C@@H](OCc2cc(C(F)(F)F)cc(C(F)(F)F)c2)OC[C@@H]2CN(C3=CC(=O)CC3)C[C@H]21. The van der Waals surface area contributed by atoms with Gasteiger partial charge in [-0.15, -0.1) is 0 Å². The Morgan fingerprint density at radius 3 is 2.26 bits per heavy atom. The van der Waals surface area contributed by atoms with Crippen LogP contribution in [0.25, 0.3) is 0 Å². The first kappa shape index (κ1) is 26.7. The number of ether oxygens (including phenoxy) is 2. The fourth-order valence-corrected chi connectivity index (χ4v) is 5.84. The summed E-state index contributed by atoms with van der Waals surface area (Å²) in [6.45, 7) is 3.19. The third-order valence-corrected chi connectivity index (χ3v) is 7.69. The molecule has 4 atom stereocenters. The summed E-state index contributed by atoms with van der Waals surface area (Å²) in [6.07, 6.45) is -7.87. The van der Waals surface area contributed by atoms with Gasteiger partial charge in [0.2, 0.25) is 0 Å². The summed E-state index contributed by atoms with van der Waals surface area (Å²) in [7, 11) is 0. The first-order valence-corrected chi connectivity index (χ1v) is 12.5. The van der Waals surface area contributed by atoms with Crippen LogP contribution in [0.15, 0.2) is 54.2 Å². The van der Waals surface area contributed by atoms with Crippen molar-refractivity contribution in [2.45, 2.75) is 50.9 Å². The summed E-state index contributed by atoms with van der Waals surface area (Å²) in [5, 5.41) is 0. The number of carbonyl (C=O) groups excluding carboxylic acids is 1. The first-order valence-electron chi connectivity index (χ1n) is 12.5. The van der Waals surface area contributed by atoms with E-state index in [1.807, 2.05) is 31.2 Å². The van der Waals surface area contributed by atoms with E-state index in [9.17, 15) is 31.1 Å². The van der Waals surface area contributed by atoms with Crippen molar-refractivity contribution >= 4 is 5.78 Å². The van der Waals surface area contributed by atoms with Crippen LogP contribution >= 0.6 is 0 Å². The third-order valence-electron chi connectivity index (χ3n) is 7.69. The lowest BCUT2D eigenvalue weighted by atomic mass is 9.76. The second-order valence-corrected chi connectivity index (χ2v) is 10.2. The normalized spacial score (nSPS) is 26.0. The van der Waals surface area contributed by atoms with Crippen molar-refractivity contribution in [2.24, 2.45) is 11.8 Å². The van der Waals surface area contributed by atoms with Crippen LogP contribution in [0.2, 0.25) is 0 Å². The van der Waals surface area contributed by atoms with E-state index in [2.05, 4.69) is 4.90 Å². The number of nitrogens with zero attached hydrogens (tertiary/aromatic N) is 1. The van der Waals surface area contributed by atoms with Gasteiger partial charge in [0, 0.05) is 43.1 Å². The summed E-state index contributed by atoms with van der Waals surface area (Å²) in [6, 6.07) is 9.16. The van der Waals surface area contributed by atoms with Crippen molar-refractivity contribution in [2.75, 3.05) is 19.7 Å². The highest BCUT2D eigenvalue weighted by Crippen LogP contribution is 2.46. The zero-order valence-electron chi connectivity index (χ0n) is 20.6. The molecule has 5 rings (SSSR count). The molecule has 38 heavy (non-hydrogen) atoms. The molecule has 0 aromatic heterocycles. The van der Waals surface area contributed by atoms with Crippen LogP contribution in [-0.4, -0.2) is 36.7 Å². The maximum Gasteiger partial charge on any atom is 0.416 e. The molecule has 0 unspecified atom stereocenters. The molecule has 2 aliphatic heterocycles. The molecule has 0 saturated carbocycles. The van der Waals surface area contributed by atoms with E-state index in [-0.39, 0.29) is 35.2 Å². The Kier molecular flexibility index (Phi) is 7.06. The van der Waals surface area contributed by atoms with Gasteiger partial charge in [0.1, 0.15) is 0 Å². The Labute approximate surface area is 216 Å². The predicted octanol–water partition coefficient (Wildman–Crippen LogP) is 6.48. The zero-order valence-corrected chi connectivity index (χ0v) is 20.6. The summed E-state index contributed by atoms with van der Waals surface area (Å²) in [5.41, 5.74) is -0.0418. The molecule has 0 radical (unpaired) electrons. The van der Waals surface area contributed by atoms with Gasteiger partial charge >= 0.3 is 12.4 Å². The minimum absolute atomic E-state index is 0.0682. The number of carbonyl (C=O) groups is 1. The van der Waals surface area contributed by atoms with Crippen LogP contribution in [0.1, 0.15) is 46.6 Å². The number of likely N-dealkylation sites (tertiary alicyclic amines) is 1. The maximum absolute atomic E-state index is 13.3. The summed E-state index contributed by atoms with van der Waals surface area (Å²) in [5.74, 6) is 0.0211. The molecule has 2 aromatic carbocycles. The quantitative estimate of drug-likeness (QED) is 0.408. The lowest BCUT2D eigenvalue weighted by Crippen LogP contribution is -2.42.